The Bertz CT molecular complexity index is 585. The second-order valence-electron chi connectivity index (χ2n) is 3.56. The van der Waals surface area contributed by atoms with Gasteiger partial charge in [-0.25, -0.2) is 8.78 Å². The van der Waals surface area contributed by atoms with Gasteiger partial charge >= 0.3 is 0 Å². The van der Waals surface area contributed by atoms with Gasteiger partial charge in [-0.15, -0.1) is 10.2 Å². The Morgan fingerprint density at radius 1 is 1.44 bits per heavy atom. The van der Waals surface area contributed by atoms with Crippen molar-refractivity contribution in [1.29, 1.82) is 0 Å². The van der Waals surface area contributed by atoms with E-state index in [9.17, 15) is 13.6 Å². The summed E-state index contributed by atoms with van der Waals surface area (Å²) >= 11 is 1.12. The minimum Gasteiger partial charge on any atom is -0.312 e. The second-order valence-corrected chi connectivity index (χ2v) is 4.50. The van der Waals surface area contributed by atoms with Gasteiger partial charge in [0, 0.05) is 7.05 Å². The average molecular weight is 269 g/mol. The molecule has 0 bridgehead atoms. The van der Waals surface area contributed by atoms with E-state index in [0.29, 0.717) is 5.16 Å². The van der Waals surface area contributed by atoms with Gasteiger partial charge in [-0.2, -0.15) is 0 Å². The summed E-state index contributed by atoms with van der Waals surface area (Å²) in [6.07, 6.45) is 1.50. The number of Topliss-reactive ketones (excluding diaryl/α,β-unsaturated/α-hetero) is 1. The summed E-state index contributed by atoms with van der Waals surface area (Å²) in [5, 5.41) is 7.97. The van der Waals surface area contributed by atoms with E-state index in [0.717, 1.165) is 30.0 Å². The molecule has 0 radical (unpaired) electrons. The fourth-order valence-electron chi connectivity index (χ4n) is 1.32. The highest BCUT2D eigenvalue weighted by molar-refractivity contribution is 7.99. The highest BCUT2D eigenvalue weighted by Gasteiger charge is 2.14. The maximum absolute atomic E-state index is 13.3. The summed E-state index contributed by atoms with van der Waals surface area (Å²) in [4.78, 5) is 11.7. The lowest BCUT2D eigenvalue weighted by Gasteiger charge is -2.02. The first-order valence-electron chi connectivity index (χ1n) is 5.03. The molecule has 0 saturated heterocycles. The molecule has 18 heavy (non-hydrogen) atoms. The molecule has 2 aromatic rings. The van der Waals surface area contributed by atoms with Crippen molar-refractivity contribution in [2.45, 2.75) is 5.16 Å². The third kappa shape index (κ3) is 2.73. The van der Waals surface area contributed by atoms with E-state index in [-0.39, 0.29) is 11.3 Å². The molecule has 4 nitrogen and oxygen atoms in total. The molecule has 94 valence electrons. The molecule has 2 rings (SSSR count). The van der Waals surface area contributed by atoms with E-state index < -0.39 is 17.4 Å². The van der Waals surface area contributed by atoms with Gasteiger partial charge in [0.2, 0.25) is 0 Å². The Morgan fingerprint density at radius 2 is 2.22 bits per heavy atom. The lowest BCUT2D eigenvalue weighted by Crippen LogP contribution is -2.06. The molecule has 0 aliphatic rings. The van der Waals surface area contributed by atoms with E-state index in [2.05, 4.69) is 10.2 Å². The second kappa shape index (κ2) is 5.26. The van der Waals surface area contributed by atoms with Crippen LogP contribution in [0.1, 0.15) is 10.4 Å². The summed E-state index contributed by atoms with van der Waals surface area (Å²) in [7, 11) is 1.73. The number of nitrogens with zero attached hydrogens (tertiary/aromatic N) is 3. The summed E-state index contributed by atoms with van der Waals surface area (Å²) in [6, 6.07) is 2.81. The van der Waals surface area contributed by atoms with Crippen LogP contribution < -0.4 is 0 Å². The molecule has 0 aliphatic carbocycles. The van der Waals surface area contributed by atoms with E-state index in [1.807, 2.05) is 0 Å². The van der Waals surface area contributed by atoms with Crippen LogP contribution in [0.4, 0.5) is 8.78 Å². The number of hydrogen-bond acceptors (Lipinski definition) is 4. The fraction of sp³-hybridized carbons (Fsp3) is 0.182. The van der Waals surface area contributed by atoms with Crippen LogP contribution >= 0.6 is 11.8 Å². The van der Waals surface area contributed by atoms with E-state index >= 15 is 0 Å². The number of halogens is 2. The number of aryl methyl sites for hydroxylation is 1. The van der Waals surface area contributed by atoms with Gasteiger partial charge in [-0.05, 0) is 18.2 Å². The zero-order chi connectivity index (χ0) is 13.1. The summed E-state index contributed by atoms with van der Waals surface area (Å²) in [5.41, 5.74) is -0.246. The van der Waals surface area contributed by atoms with E-state index in [4.69, 9.17) is 0 Å². The highest BCUT2D eigenvalue weighted by Crippen LogP contribution is 2.17. The molecular weight excluding hydrogens is 260 g/mol. The van der Waals surface area contributed by atoms with Crippen molar-refractivity contribution in [1.82, 2.24) is 14.8 Å². The van der Waals surface area contributed by atoms with Gasteiger partial charge in [0.15, 0.2) is 10.9 Å². The SMILES string of the molecule is Cn1cnnc1SCC(=O)c1cc(F)ccc1F. The number of hydrogen-bond donors (Lipinski definition) is 0. The molecule has 0 atom stereocenters. The van der Waals surface area contributed by atoms with Crippen molar-refractivity contribution in [3.63, 3.8) is 0 Å². The number of carbonyl (C=O) groups excluding carboxylic acids is 1. The van der Waals surface area contributed by atoms with Crippen LogP contribution in [-0.4, -0.2) is 26.3 Å². The van der Waals surface area contributed by atoms with Crippen molar-refractivity contribution in [2.75, 3.05) is 5.75 Å². The Labute approximate surface area is 106 Å². The molecule has 0 unspecified atom stereocenters. The predicted octanol–water partition coefficient (Wildman–Crippen LogP) is 2.07. The predicted molar refractivity (Wildman–Crippen MR) is 62.4 cm³/mol. The Kier molecular flexibility index (Phi) is 3.71. The van der Waals surface area contributed by atoms with Crippen molar-refractivity contribution in [3.05, 3.63) is 41.7 Å². The lowest BCUT2D eigenvalue weighted by atomic mass is 10.1. The molecule has 1 heterocycles. The largest absolute Gasteiger partial charge is 0.312 e. The Balaban J connectivity index is 2.08. The molecule has 0 aliphatic heterocycles. The maximum Gasteiger partial charge on any atom is 0.191 e. The van der Waals surface area contributed by atoms with Crippen molar-refractivity contribution in [3.8, 4) is 0 Å². The first-order valence-corrected chi connectivity index (χ1v) is 6.01. The van der Waals surface area contributed by atoms with E-state index in [1.54, 1.807) is 11.6 Å². The normalized spacial score (nSPS) is 10.6. The first kappa shape index (κ1) is 12.7. The highest BCUT2D eigenvalue weighted by atomic mass is 32.2. The molecule has 1 aromatic heterocycles. The molecule has 0 saturated carbocycles. The van der Waals surface area contributed by atoms with Gasteiger partial charge in [-0.3, -0.25) is 4.79 Å². The van der Waals surface area contributed by atoms with Crippen LogP contribution in [0.3, 0.4) is 0 Å². The molecule has 0 N–H and O–H groups in total. The minimum atomic E-state index is -0.722. The van der Waals surface area contributed by atoms with Crippen LogP contribution in [-0.2, 0) is 7.05 Å². The molecule has 0 fully saturated rings. The number of thioether (sulfide) groups is 1. The smallest absolute Gasteiger partial charge is 0.191 e. The van der Waals surface area contributed by atoms with Crippen molar-refractivity contribution >= 4 is 17.5 Å². The molecule has 7 heteroatoms. The number of aromatic nitrogens is 3. The number of ketones is 1. The van der Waals surface area contributed by atoms with Crippen molar-refractivity contribution in [2.24, 2.45) is 7.05 Å². The molecule has 1 aromatic carbocycles. The quantitative estimate of drug-likeness (QED) is 0.629. The van der Waals surface area contributed by atoms with Crippen LogP contribution in [0.5, 0.6) is 0 Å². The monoisotopic (exact) mass is 269 g/mol. The number of carbonyl (C=O) groups is 1. The summed E-state index contributed by atoms with van der Waals surface area (Å²) < 4.78 is 27.9. The molecule has 0 spiro atoms. The first-order chi connectivity index (χ1) is 8.58. The fourth-order valence-corrected chi connectivity index (χ4v) is 2.09. The van der Waals surface area contributed by atoms with Gasteiger partial charge in [-0.1, -0.05) is 11.8 Å². The number of rotatable bonds is 4. The lowest BCUT2D eigenvalue weighted by molar-refractivity contribution is 0.101. The minimum absolute atomic E-state index is 0.0209. The topological polar surface area (TPSA) is 47.8 Å². The van der Waals surface area contributed by atoms with Crippen LogP contribution in [0, 0.1) is 11.6 Å². The van der Waals surface area contributed by atoms with Crippen LogP contribution in [0.15, 0.2) is 29.7 Å². The molecule has 0 amide bonds. The van der Waals surface area contributed by atoms with Crippen molar-refractivity contribution < 1.29 is 13.6 Å². The average Bonchev–Trinajstić information content (AvgIpc) is 2.75. The molecular formula is C11H9F2N3OS. The summed E-state index contributed by atoms with van der Waals surface area (Å²) in [5.74, 6) is -1.87. The third-order valence-electron chi connectivity index (χ3n) is 2.23. The summed E-state index contributed by atoms with van der Waals surface area (Å²) in [6.45, 7) is 0. The van der Waals surface area contributed by atoms with Gasteiger partial charge in [0.05, 0.1) is 11.3 Å². The van der Waals surface area contributed by atoms with E-state index in [1.165, 1.54) is 6.33 Å². The maximum atomic E-state index is 13.3. The van der Waals surface area contributed by atoms with Gasteiger partial charge in [0.1, 0.15) is 18.0 Å². The Morgan fingerprint density at radius 3 is 2.89 bits per heavy atom. The standard InChI is InChI=1S/C11H9F2N3OS/c1-16-6-14-15-11(16)18-5-10(17)8-4-7(12)2-3-9(8)13/h2-4,6H,5H2,1H3. The zero-order valence-electron chi connectivity index (χ0n) is 9.43. The third-order valence-corrected chi connectivity index (χ3v) is 3.27. The Hall–Kier alpha value is -1.76. The van der Waals surface area contributed by atoms with Gasteiger partial charge in [0.25, 0.3) is 0 Å². The van der Waals surface area contributed by atoms with Crippen LogP contribution in [0.2, 0.25) is 0 Å². The van der Waals surface area contributed by atoms with Crippen LogP contribution in [0.25, 0.3) is 0 Å². The number of benzene rings is 1. The zero-order valence-corrected chi connectivity index (χ0v) is 10.2. The van der Waals surface area contributed by atoms with Gasteiger partial charge < -0.3 is 4.57 Å².